The van der Waals surface area contributed by atoms with Crippen LogP contribution in [-0.4, -0.2) is 58.5 Å². The van der Waals surface area contributed by atoms with Crippen LogP contribution in [0.3, 0.4) is 0 Å². The molecule has 11 heteroatoms. The number of morpholine rings is 1. The molecule has 0 radical (unpaired) electrons. The summed E-state index contributed by atoms with van der Waals surface area (Å²) in [7, 11) is 0. The summed E-state index contributed by atoms with van der Waals surface area (Å²) in [5.74, 6) is 0.324. The van der Waals surface area contributed by atoms with Gasteiger partial charge in [-0.05, 0) is 51.0 Å². The number of rotatable bonds is 4. The first-order valence-corrected chi connectivity index (χ1v) is 11.4. The number of aliphatic hydroxyl groups is 1. The van der Waals surface area contributed by atoms with E-state index in [9.17, 15) is 9.59 Å². The third kappa shape index (κ3) is 4.06. The standard InChI is InChI=1S/C24H27N5O6/c1-13-10-29-18-5-4-15(20-27-17(11-34-20)21-25-6-7-33-21)8-16(18)9-24(3,19(29)14(2)35-13)22(31)28-23(32)26-12-30/h4-8,11,13-14,19,30H,9-10,12H2,1-3H3,(H2,26,28,31,32)/t13-,14+,19-,24-/m1/s1. The molecular weight excluding hydrogens is 454 g/mol. The molecule has 5 rings (SSSR count). The Morgan fingerprint density at radius 1 is 1.26 bits per heavy atom. The normalized spacial score (nSPS) is 25.5. The Morgan fingerprint density at radius 2 is 2.09 bits per heavy atom. The molecule has 3 amide bonds. The fourth-order valence-corrected chi connectivity index (χ4v) is 5.31. The van der Waals surface area contributed by atoms with Crippen LogP contribution in [0.4, 0.5) is 10.5 Å². The zero-order valence-electron chi connectivity index (χ0n) is 19.6. The number of oxazole rings is 2. The number of aliphatic hydroxyl groups excluding tert-OH is 1. The van der Waals surface area contributed by atoms with Crippen molar-refractivity contribution in [3.63, 3.8) is 0 Å². The molecule has 3 aromatic rings. The number of carbonyl (C=O) groups excluding carboxylic acids is 2. The lowest BCUT2D eigenvalue weighted by molar-refractivity contribution is -0.136. The number of urea groups is 1. The van der Waals surface area contributed by atoms with Crippen LogP contribution in [0.2, 0.25) is 0 Å². The fraction of sp³-hybridized carbons (Fsp3) is 0.417. The van der Waals surface area contributed by atoms with Crippen LogP contribution < -0.4 is 15.5 Å². The highest BCUT2D eigenvalue weighted by Gasteiger charge is 2.53. The molecular formula is C24H27N5O6. The first-order valence-electron chi connectivity index (χ1n) is 11.4. The highest BCUT2D eigenvalue weighted by Crippen LogP contribution is 2.46. The molecule has 0 unspecified atom stereocenters. The van der Waals surface area contributed by atoms with Crippen molar-refractivity contribution in [3.05, 3.63) is 42.5 Å². The van der Waals surface area contributed by atoms with E-state index in [-0.39, 0.29) is 18.2 Å². The number of nitrogens with zero attached hydrogens (tertiary/aromatic N) is 3. The van der Waals surface area contributed by atoms with E-state index in [4.69, 9.17) is 18.7 Å². The van der Waals surface area contributed by atoms with Crippen LogP contribution in [0.1, 0.15) is 26.3 Å². The monoisotopic (exact) mass is 481 g/mol. The van der Waals surface area contributed by atoms with Gasteiger partial charge in [0, 0.05) is 17.8 Å². The molecule has 11 nitrogen and oxygen atoms in total. The van der Waals surface area contributed by atoms with Crippen LogP contribution in [-0.2, 0) is 16.0 Å². The van der Waals surface area contributed by atoms with Crippen LogP contribution in [0, 0.1) is 5.41 Å². The number of nitrogens with one attached hydrogen (secondary N) is 2. The van der Waals surface area contributed by atoms with Gasteiger partial charge in [-0.3, -0.25) is 10.1 Å². The first kappa shape index (κ1) is 23.1. The molecule has 0 saturated carbocycles. The smallest absolute Gasteiger partial charge is 0.323 e. The number of imide groups is 1. The SMILES string of the molecule is C[C@@H]1CN2c3ccc(-c4nc(-c5ncco5)co4)cc3C[C@@](C)(C(=O)NC(=O)NCO)[C@H]2[C@H](C)O1. The molecule has 1 fully saturated rings. The van der Waals surface area contributed by atoms with E-state index >= 15 is 0 Å². The number of ether oxygens (including phenoxy) is 1. The van der Waals surface area contributed by atoms with Crippen molar-refractivity contribution in [2.24, 2.45) is 5.41 Å². The van der Waals surface area contributed by atoms with Gasteiger partial charge < -0.3 is 28.9 Å². The fourth-order valence-electron chi connectivity index (χ4n) is 5.31. The van der Waals surface area contributed by atoms with Crippen molar-refractivity contribution in [2.45, 2.75) is 45.4 Å². The van der Waals surface area contributed by atoms with Gasteiger partial charge in [-0.1, -0.05) is 0 Å². The summed E-state index contributed by atoms with van der Waals surface area (Å²) >= 11 is 0. The van der Waals surface area contributed by atoms with Gasteiger partial charge in [0.2, 0.25) is 17.7 Å². The van der Waals surface area contributed by atoms with Gasteiger partial charge in [-0.15, -0.1) is 0 Å². The predicted molar refractivity (Wildman–Crippen MR) is 124 cm³/mol. The number of hydrogen-bond donors (Lipinski definition) is 3. The van der Waals surface area contributed by atoms with E-state index in [0.29, 0.717) is 30.4 Å². The van der Waals surface area contributed by atoms with Gasteiger partial charge in [-0.2, -0.15) is 0 Å². The average Bonchev–Trinajstić information content (AvgIpc) is 3.50. The summed E-state index contributed by atoms with van der Waals surface area (Å²) in [5.41, 5.74) is 2.17. The van der Waals surface area contributed by atoms with Gasteiger partial charge in [0.15, 0.2) is 5.69 Å². The number of hydrogen-bond acceptors (Lipinski definition) is 9. The summed E-state index contributed by atoms with van der Waals surface area (Å²) in [6.07, 6.45) is 4.57. The summed E-state index contributed by atoms with van der Waals surface area (Å²) in [4.78, 5) is 36.2. The zero-order valence-corrected chi connectivity index (χ0v) is 19.6. The molecule has 3 N–H and O–H groups in total. The number of anilines is 1. The second-order valence-corrected chi connectivity index (χ2v) is 9.18. The number of fused-ring (bicyclic) bond motifs is 3. The Bertz CT molecular complexity index is 1240. The molecule has 4 heterocycles. The maximum Gasteiger partial charge on any atom is 0.323 e. The lowest BCUT2D eigenvalue weighted by Crippen LogP contribution is -2.67. The second-order valence-electron chi connectivity index (χ2n) is 9.18. The minimum atomic E-state index is -0.988. The molecule has 35 heavy (non-hydrogen) atoms. The molecule has 1 saturated heterocycles. The van der Waals surface area contributed by atoms with E-state index in [1.54, 1.807) is 0 Å². The van der Waals surface area contributed by atoms with Crippen molar-refractivity contribution >= 4 is 17.6 Å². The summed E-state index contributed by atoms with van der Waals surface area (Å²) in [6.45, 7) is 5.81. The molecule has 4 atom stereocenters. The summed E-state index contributed by atoms with van der Waals surface area (Å²) < 4.78 is 17.1. The van der Waals surface area contributed by atoms with E-state index < -0.39 is 24.1 Å². The Labute approximate surface area is 201 Å². The Morgan fingerprint density at radius 3 is 2.83 bits per heavy atom. The van der Waals surface area contributed by atoms with Crippen LogP contribution in [0.25, 0.3) is 23.0 Å². The first-order chi connectivity index (χ1) is 16.8. The molecule has 1 aromatic carbocycles. The van der Waals surface area contributed by atoms with Crippen LogP contribution in [0.15, 0.2) is 45.8 Å². The van der Waals surface area contributed by atoms with Crippen molar-refractivity contribution in [1.82, 2.24) is 20.6 Å². The van der Waals surface area contributed by atoms with Gasteiger partial charge in [0.05, 0.1) is 29.9 Å². The molecule has 184 valence electrons. The Hall–Kier alpha value is -3.70. The van der Waals surface area contributed by atoms with Crippen molar-refractivity contribution < 1.29 is 28.3 Å². The quantitative estimate of drug-likeness (QED) is 0.478. The molecule has 0 spiro atoms. The second kappa shape index (κ2) is 8.82. The summed E-state index contributed by atoms with van der Waals surface area (Å²) in [6, 6.07) is 4.86. The third-order valence-electron chi connectivity index (χ3n) is 6.67. The number of aromatic nitrogens is 2. The topological polar surface area (TPSA) is 143 Å². The maximum atomic E-state index is 13.4. The lowest BCUT2D eigenvalue weighted by atomic mass is 9.69. The molecule has 0 aliphatic carbocycles. The molecule has 2 aliphatic rings. The van der Waals surface area contributed by atoms with Gasteiger partial charge in [0.25, 0.3) is 0 Å². The van der Waals surface area contributed by atoms with E-state index in [1.807, 2.05) is 39.0 Å². The number of carbonyl (C=O) groups is 2. The maximum absolute atomic E-state index is 13.4. The van der Waals surface area contributed by atoms with Crippen molar-refractivity contribution in [3.8, 4) is 23.0 Å². The van der Waals surface area contributed by atoms with Gasteiger partial charge in [0.1, 0.15) is 19.3 Å². The van der Waals surface area contributed by atoms with Crippen molar-refractivity contribution in [1.29, 1.82) is 0 Å². The summed E-state index contributed by atoms with van der Waals surface area (Å²) in [5, 5.41) is 13.5. The van der Waals surface area contributed by atoms with Gasteiger partial charge in [-0.25, -0.2) is 14.8 Å². The lowest BCUT2D eigenvalue weighted by Gasteiger charge is -2.54. The Kier molecular flexibility index (Phi) is 5.81. The molecule has 0 bridgehead atoms. The third-order valence-corrected chi connectivity index (χ3v) is 6.67. The minimum absolute atomic E-state index is 0.0352. The number of amides is 3. The largest absolute Gasteiger partial charge is 0.444 e. The zero-order chi connectivity index (χ0) is 24.7. The minimum Gasteiger partial charge on any atom is -0.444 e. The van der Waals surface area contributed by atoms with Crippen molar-refractivity contribution in [2.75, 3.05) is 18.2 Å². The number of benzene rings is 1. The predicted octanol–water partition coefficient (Wildman–Crippen LogP) is 2.32. The van der Waals surface area contributed by atoms with E-state index in [0.717, 1.165) is 16.8 Å². The Balaban J connectivity index is 1.52. The highest BCUT2D eigenvalue weighted by atomic mass is 16.5. The van der Waals surface area contributed by atoms with E-state index in [1.165, 1.54) is 18.7 Å². The average molecular weight is 482 g/mol. The van der Waals surface area contributed by atoms with Gasteiger partial charge >= 0.3 is 6.03 Å². The van der Waals surface area contributed by atoms with Crippen LogP contribution >= 0.6 is 0 Å². The molecule has 2 aliphatic heterocycles. The highest BCUT2D eigenvalue weighted by molar-refractivity contribution is 5.98. The molecule has 2 aromatic heterocycles. The van der Waals surface area contributed by atoms with E-state index in [2.05, 4.69) is 25.5 Å². The van der Waals surface area contributed by atoms with Crippen LogP contribution in [0.5, 0.6) is 0 Å².